The molecule has 1 N–H and O–H groups in total. The molecule has 5 nitrogen and oxygen atoms in total. The molecule has 2 aliphatic heterocycles. The number of likely N-dealkylation sites (tertiary alicyclic amines) is 2. The molecule has 1 amide bonds. The fourth-order valence-corrected chi connectivity index (χ4v) is 6.06. The SMILES string of the molecule is CC1(CN2CCC(COc3ccc(-c4ccc(C(=O)N5CCC[C@@H]5CO)cc4)cc3F)CC2)CCC1. The topological polar surface area (TPSA) is 53.0 Å². The van der Waals surface area contributed by atoms with E-state index in [0.717, 1.165) is 49.9 Å². The van der Waals surface area contributed by atoms with Gasteiger partial charge in [-0.2, -0.15) is 0 Å². The van der Waals surface area contributed by atoms with E-state index in [4.69, 9.17) is 4.74 Å². The lowest BCUT2D eigenvalue weighted by Crippen LogP contribution is -2.44. The fraction of sp³-hybridized carbons (Fsp3) is 0.567. The fourth-order valence-electron chi connectivity index (χ4n) is 6.06. The van der Waals surface area contributed by atoms with Crippen molar-refractivity contribution in [2.45, 2.75) is 57.9 Å². The number of carbonyl (C=O) groups is 1. The van der Waals surface area contributed by atoms with Crippen molar-refractivity contribution in [1.29, 1.82) is 0 Å². The summed E-state index contributed by atoms with van der Waals surface area (Å²) in [7, 11) is 0. The van der Waals surface area contributed by atoms with Crippen molar-refractivity contribution in [3.8, 4) is 16.9 Å². The molecule has 36 heavy (non-hydrogen) atoms. The Hall–Kier alpha value is -2.44. The van der Waals surface area contributed by atoms with Gasteiger partial charge in [0.2, 0.25) is 0 Å². The molecule has 0 unspecified atom stereocenters. The number of benzene rings is 2. The first-order valence-corrected chi connectivity index (χ1v) is 13.6. The molecule has 194 valence electrons. The van der Waals surface area contributed by atoms with Crippen LogP contribution in [0.25, 0.3) is 11.1 Å². The summed E-state index contributed by atoms with van der Waals surface area (Å²) in [5.74, 6) is 0.363. The lowest BCUT2D eigenvalue weighted by Gasteiger charge is -2.44. The first-order valence-electron chi connectivity index (χ1n) is 13.6. The second-order valence-electron chi connectivity index (χ2n) is 11.4. The average molecular weight is 495 g/mol. The number of carbonyl (C=O) groups excluding carboxylic acids is 1. The highest BCUT2D eigenvalue weighted by atomic mass is 19.1. The zero-order valence-corrected chi connectivity index (χ0v) is 21.4. The Kier molecular flexibility index (Phi) is 7.63. The van der Waals surface area contributed by atoms with Gasteiger partial charge < -0.3 is 19.6 Å². The highest BCUT2D eigenvalue weighted by molar-refractivity contribution is 5.95. The third-order valence-electron chi connectivity index (χ3n) is 8.59. The van der Waals surface area contributed by atoms with Crippen molar-refractivity contribution < 1.29 is 19.0 Å². The number of hydrogen-bond donors (Lipinski definition) is 1. The molecule has 2 saturated heterocycles. The quantitative estimate of drug-likeness (QED) is 0.536. The van der Waals surface area contributed by atoms with E-state index >= 15 is 0 Å². The highest BCUT2D eigenvalue weighted by Crippen LogP contribution is 2.41. The van der Waals surface area contributed by atoms with Gasteiger partial charge in [0.25, 0.3) is 5.91 Å². The van der Waals surface area contributed by atoms with Gasteiger partial charge in [-0.3, -0.25) is 4.79 Å². The Bertz CT molecular complexity index is 1040. The molecule has 0 spiro atoms. The van der Waals surface area contributed by atoms with Crippen LogP contribution in [0.2, 0.25) is 0 Å². The molecule has 0 bridgehead atoms. The van der Waals surface area contributed by atoms with Gasteiger partial charge in [0, 0.05) is 18.7 Å². The standard InChI is InChI=1S/C30H39FN2O3/c1-30(13-3-14-30)21-32-16-11-22(12-17-32)20-36-28-10-9-25(18-27(28)31)23-5-7-24(8-6-23)29(35)33-15-2-4-26(33)19-34/h5-10,18,22,26,34H,2-4,11-17,19-21H2,1H3/t26-/m1/s1. The second kappa shape index (κ2) is 10.9. The van der Waals surface area contributed by atoms with E-state index in [-0.39, 0.29) is 24.4 Å². The van der Waals surface area contributed by atoms with Gasteiger partial charge in [-0.05, 0) is 98.3 Å². The van der Waals surface area contributed by atoms with Crippen LogP contribution in [0.1, 0.15) is 62.2 Å². The molecule has 5 rings (SSSR count). The predicted molar refractivity (Wildman–Crippen MR) is 140 cm³/mol. The summed E-state index contributed by atoms with van der Waals surface area (Å²) >= 11 is 0. The number of hydrogen-bond acceptors (Lipinski definition) is 4. The first kappa shape index (κ1) is 25.2. The number of aliphatic hydroxyl groups excluding tert-OH is 1. The second-order valence-corrected chi connectivity index (χ2v) is 11.4. The van der Waals surface area contributed by atoms with Gasteiger partial charge in [0.15, 0.2) is 11.6 Å². The summed E-state index contributed by atoms with van der Waals surface area (Å²) in [6.45, 7) is 7.09. The molecule has 1 aliphatic carbocycles. The van der Waals surface area contributed by atoms with E-state index in [2.05, 4.69) is 11.8 Å². The largest absolute Gasteiger partial charge is 0.490 e. The lowest BCUT2D eigenvalue weighted by atomic mass is 9.70. The molecule has 3 aliphatic rings. The number of piperidine rings is 1. The van der Waals surface area contributed by atoms with Crippen LogP contribution >= 0.6 is 0 Å². The Morgan fingerprint density at radius 1 is 1.03 bits per heavy atom. The third-order valence-corrected chi connectivity index (χ3v) is 8.59. The summed E-state index contributed by atoms with van der Waals surface area (Å²) < 4.78 is 20.8. The zero-order chi connectivity index (χ0) is 25.1. The number of aliphatic hydroxyl groups is 1. The van der Waals surface area contributed by atoms with Crippen LogP contribution in [0, 0.1) is 17.2 Å². The maximum atomic E-state index is 14.9. The van der Waals surface area contributed by atoms with Gasteiger partial charge in [0.05, 0.1) is 19.3 Å². The maximum Gasteiger partial charge on any atom is 0.254 e. The maximum absolute atomic E-state index is 14.9. The smallest absolute Gasteiger partial charge is 0.254 e. The normalized spacial score (nSPS) is 22.4. The molecule has 1 atom stereocenters. The van der Waals surface area contributed by atoms with E-state index in [0.29, 0.717) is 35.8 Å². The minimum atomic E-state index is -0.356. The zero-order valence-electron chi connectivity index (χ0n) is 21.4. The third kappa shape index (κ3) is 5.60. The Morgan fingerprint density at radius 3 is 2.39 bits per heavy atom. The average Bonchev–Trinajstić information content (AvgIpc) is 3.36. The Morgan fingerprint density at radius 2 is 1.75 bits per heavy atom. The van der Waals surface area contributed by atoms with E-state index in [1.165, 1.54) is 31.9 Å². The van der Waals surface area contributed by atoms with E-state index in [1.54, 1.807) is 23.1 Å². The predicted octanol–water partition coefficient (Wildman–Crippen LogP) is 5.37. The molecule has 1 saturated carbocycles. The van der Waals surface area contributed by atoms with Crippen molar-refractivity contribution in [2.75, 3.05) is 39.4 Å². The highest BCUT2D eigenvalue weighted by Gasteiger charge is 2.34. The van der Waals surface area contributed by atoms with Gasteiger partial charge in [-0.25, -0.2) is 4.39 Å². The molecule has 6 heteroatoms. The molecular formula is C30H39FN2O3. The van der Waals surface area contributed by atoms with Crippen molar-refractivity contribution in [3.63, 3.8) is 0 Å². The number of halogens is 1. The van der Waals surface area contributed by atoms with E-state index in [9.17, 15) is 14.3 Å². The Labute approximate surface area is 214 Å². The van der Waals surface area contributed by atoms with Crippen molar-refractivity contribution in [3.05, 3.63) is 53.8 Å². The van der Waals surface area contributed by atoms with Gasteiger partial charge in [0.1, 0.15) is 0 Å². The van der Waals surface area contributed by atoms with Gasteiger partial charge in [-0.15, -0.1) is 0 Å². The molecule has 2 heterocycles. The van der Waals surface area contributed by atoms with Crippen LogP contribution < -0.4 is 4.74 Å². The minimum absolute atomic E-state index is 0.00377. The summed E-state index contributed by atoms with van der Waals surface area (Å²) in [5.41, 5.74) is 2.73. The molecular weight excluding hydrogens is 455 g/mol. The monoisotopic (exact) mass is 494 g/mol. The minimum Gasteiger partial charge on any atom is -0.490 e. The van der Waals surface area contributed by atoms with E-state index in [1.807, 2.05) is 18.2 Å². The van der Waals surface area contributed by atoms with Crippen LogP contribution in [-0.4, -0.2) is 66.2 Å². The molecule has 3 fully saturated rings. The Balaban J connectivity index is 1.13. The van der Waals surface area contributed by atoms with Gasteiger partial charge in [-0.1, -0.05) is 31.5 Å². The summed E-state index contributed by atoms with van der Waals surface area (Å²) in [5, 5.41) is 9.50. The van der Waals surface area contributed by atoms with Crippen LogP contribution in [0.15, 0.2) is 42.5 Å². The molecule has 0 aromatic heterocycles. The summed E-state index contributed by atoms with van der Waals surface area (Å²) in [6, 6.07) is 12.3. The van der Waals surface area contributed by atoms with Gasteiger partial charge >= 0.3 is 0 Å². The number of nitrogens with zero attached hydrogens (tertiary/aromatic N) is 2. The number of ether oxygens (including phenoxy) is 1. The van der Waals surface area contributed by atoms with Crippen LogP contribution in [0.5, 0.6) is 5.75 Å². The number of amides is 1. The molecule has 2 aromatic rings. The van der Waals surface area contributed by atoms with Crippen molar-refractivity contribution >= 4 is 5.91 Å². The van der Waals surface area contributed by atoms with Crippen molar-refractivity contribution in [2.24, 2.45) is 11.3 Å². The van der Waals surface area contributed by atoms with Crippen molar-refractivity contribution in [1.82, 2.24) is 9.80 Å². The van der Waals surface area contributed by atoms with Crippen LogP contribution in [0.3, 0.4) is 0 Å². The molecule has 2 aromatic carbocycles. The number of rotatable bonds is 8. The first-order chi connectivity index (χ1) is 17.4. The summed E-state index contributed by atoms with van der Waals surface area (Å²) in [4.78, 5) is 17.1. The van der Waals surface area contributed by atoms with Crippen LogP contribution in [-0.2, 0) is 0 Å². The lowest BCUT2D eigenvalue weighted by molar-refractivity contribution is 0.0561. The molecule has 0 radical (unpaired) electrons. The van der Waals surface area contributed by atoms with E-state index < -0.39 is 0 Å². The van der Waals surface area contributed by atoms with Crippen LogP contribution in [0.4, 0.5) is 4.39 Å². The summed E-state index contributed by atoms with van der Waals surface area (Å²) in [6.07, 6.45) is 8.07.